The minimum absolute atomic E-state index is 0.00612. The monoisotopic (exact) mass is 726 g/mol. The molecule has 1 aliphatic heterocycles. The van der Waals surface area contributed by atoms with E-state index in [0.717, 1.165) is 24.8 Å². The average Bonchev–Trinajstić information content (AvgIpc) is 3.17. The first kappa shape index (κ1) is 43.4. The van der Waals surface area contributed by atoms with Gasteiger partial charge in [0.15, 0.2) is 6.29 Å². The Balaban J connectivity index is 1.50. The van der Waals surface area contributed by atoms with E-state index in [0.29, 0.717) is 18.5 Å². The molecule has 1 fully saturated rings. The van der Waals surface area contributed by atoms with E-state index >= 15 is 0 Å². The maximum atomic E-state index is 13.6. The molecule has 2 aromatic carbocycles. The number of methoxy groups -OCH3 is 1. The van der Waals surface area contributed by atoms with E-state index < -0.39 is 36.8 Å². The standard InChI is InChI=1S/C42H66N2O8/c1-3-4-5-6-7-8-9-10-11-12-13-14-15-16-23-29-37(45)43(32-36-38(46)39(47)40(48)41(50-2)52-36)30-24-31-44(35-27-21-18-22-28-35)42(49)51-33-34-25-19-17-20-26-34/h17-22,25-28,36,38-41,46-48H,3-16,23-24,29-33H2,1-2H3/t36-,38-,39+,40-,41+/m1/s1. The summed E-state index contributed by atoms with van der Waals surface area (Å²) in [5.74, 6) is -0.0852. The minimum Gasteiger partial charge on any atom is -0.444 e. The van der Waals surface area contributed by atoms with Crippen LogP contribution in [0.15, 0.2) is 60.7 Å². The molecule has 1 heterocycles. The van der Waals surface area contributed by atoms with Crippen molar-refractivity contribution in [1.29, 1.82) is 0 Å². The molecule has 5 atom stereocenters. The van der Waals surface area contributed by atoms with Crippen LogP contribution in [0.1, 0.15) is 122 Å². The van der Waals surface area contributed by atoms with Crippen LogP contribution in [0.5, 0.6) is 0 Å². The van der Waals surface area contributed by atoms with E-state index in [1.165, 1.54) is 84.2 Å². The summed E-state index contributed by atoms with van der Waals surface area (Å²) >= 11 is 0. The van der Waals surface area contributed by atoms with E-state index in [1.54, 1.807) is 9.80 Å². The molecule has 3 rings (SSSR count). The van der Waals surface area contributed by atoms with Crippen LogP contribution in [-0.2, 0) is 25.6 Å². The zero-order chi connectivity index (χ0) is 37.4. The smallest absolute Gasteiger partial charge is 0.414 e. The Labute approximate surface area is 312 Å². The molecule has 0 unspecified atom stereocenters. The van der Waals surface area contributed by atoms with Gasteiger partial charge in [0.1, 0.15) is 31.0 Å². The topological polar surface area (TPSA) is 129 Å². The number of hydrogen-bond acceptors (Lipinski definition) is 8. The van der Waals surface area contributed by atoms with Gasteiger partial charge in [-0.15, -0.1) is 0 Å². The third kappa shape index (κ3) is 15.9. The molecule has 0 saturated carbocycles. The summed E-state index contributed by atoms with van der Waals surface area (Å²) in [6.45, 7) is 2.98. The summed E-state index contributed by atoms with van der Waals surface area (Å²) in [6.07, 6.45) is 12.5. The number of benzene rings is 2. The van der Waals surface area contributed by atoms with Gasteiger partial charge in [-0.2, -0.15) is 0 Å². The summed E-state index contributed by atoms with van der Waals surface area (Å²) in [5, 5.41) is 31.5. The fraction of sp³-hybridized carbons (Fsp3) is 0.667. The molecule has 0 bridgehead atoms. The van der Waals surface area contributed by atoms with E-state index in [4.69, 9.17) is 14.2 Å². The average molecular weight is 727 g/mol. The molecular formula is C42H66N2O8. The van der Waals surface area contributed by atoms with Crippen molar-refractivity contribution in [3.05, 3.63) is 66.2 Å². The predicted octanol–water partition coefficient (Wildman–Crippen LogP) is 7.76. The van der Waals surface area contributed by atoms with Crippen LogP contribution in [-0.4, -0.2) is 89.7 Å². The number of aliphatic hydroxyl groups is 3. The number of para-hydroxylation sites is 1. The van der Waals surface area contributed by atoms with Crippen LogP contribution in [0.3, 0.4) is 0 Å². The molecule has 0 aromatic heterocycles. The van der Waals surface area contributed by atoms with Gasteiger partial charge in [-0.25, -0.2) is 4.79 Å². The molecule has 10 heteroatoms. The van der Waals surface area contributed by atoms with Crippen LogP contribution in [0.2, 0.25) is 0 Å². The Bertz CT molecular complexity index is 1220. The van der Waals surface area contributed by atoms with Crippen molar-refractivity contribution in [3.8, 4) is 0 Å². The van der Waals surface area contributed by atoms with Gasteiger partial charge in [0.2, 0.25) is 5.91 Å². The van der Waals surface area contributed by atoms with Gasteiger partial charge in [0.25, 0.3) is 0 Å². The molecule has 1 saturated heterocycles. The first-order chi connectivity index (χ1) is 25.3. The Morgan fingerprint density at radius 1 is 0.673 bits per heavy atom. The molecule has 0 radical (unpaired) electrons. The third-order valence-corrected chi connectivity index (χ3v) is 9.95. The van der Waals surface area contributed by atoms with Crippen LogP contribution >= 0.6 is 0 Å². The van der Waals surface area contributed by atoms with Crippen LogP contribution < -0.4 is 4.90 Å². The molecule has 2 amide bonds. The molecule has 0 spiro atoms. The highest BCUT2D eigenvalue weighted by molar-refractivity contribution is 5.87. The second kappa shape index (κ2) is 25.9. The molecule has 0 aliphatic carbocycles. The summed E-state index contributed by atoms with van der Waals surface area (Å²) in [4.78, 5) is 30.1. The molecule has 52 heavy (non-hydrogen) atoms. The van der Waals surface area contributed by atoms with Crippen molar-refractivity contribution in [1.82, 2.24) is 4.90 Å². The number of rotatable bonds is 26. The van der Waals surface area contributed by atoms with Crippen molar-refractivity contribution in [3.63, 3.8) is 0 Å². The third-order valence-electron chi connectivity index (χ3n) is 9.95. The molecular weight excluding hydrogens is 660 g/mol. The lowest BCUT2D eigenvalue weighted by atomic mass is 9.98. The number of hydrogen-bond donors (Lipinski definition) is 3. The highest BCUT2D eigenvalue weighted by atomic mass is 16.7. The minimum atomic E-state index is -1.48. The van der Waals surface area contributed by atoms with Crippen LogP contribution in [0.25, 0.3) is 0 Å². The van der Waals surface area contributed by atoms with Crippen molar-refractivity contribution in [2.24, 2.45) is 0 Å². The largest absolute Gasteiger partial charge is 0.444 e. The normalized spacial score (nSPS) is 20.1. The van der Waals surface area contributed by atoms with Gasteiger partial charge in [-0.3, -0.25) is 9.69 Å². The zero-order valence-corrected chi connectivity index (χ0v) is 31.8. The maximum Gasteiger partial charge on any atom is 0.414 e. The Morgan fingerprint density at radius 2 is 1.21 bits per heavy atom. The number of ether oxygens (including phenoxy) is 3. The quantitative estimate of drug-likeness (QED) is 0.0840. The highest BCUT2D eigenvalue weighted by Gasteiger charge is 2.44. The number of carbonyl (C=O) groups is 2. The van der Waals surface area contributed by atoms with E-state index in [9.17, 15) is 24.9 Å². The Kier molecular flexibility index (Phi) is 21.6. The van der Waals surface area contributed by atoms with Gasteiger partial charge < -0.3 is 34.4 Å². The van der Waals surface area contributed by atoms with E-state index in [1.807, 2.05) is 60.7 Å². The maximum absolute atomic E-state index is 13.6. The zero-order valence-electron chi connectivity index (χ0n) is 31.8. The highest BCUT2D eigenvalue weighted by Crippen LogP contribution is 2.24. The summed E-state index contributed by atoms with van der Waals surface area (Å²) in [6, 6.07) is 18.8. The van der Waals surface area contributed by atoms with Crippen molar-refractivity contribution in [2.75, 3.05) is 31.6 Å². The van der Waals surface area contributed by atoms with Crippen molar-refractivity contribution < 1.29 is 39.1 Å². The predicted molar refractivity (Wildman–Crippen MR) is 205 cm³/mol. The van der Waals surface area contributed by atoms with E-state index in [2.05, 4.69) is 6.92 Å². The number of nitrogens with zero attached hydrogens (tertiary/aromatic N) is 2. The molecule has 10 nitrogen and oxygen atoms in total. The van der Waals surface area contributed by atoms with Crippen molar-refractivity contribution >= 4 is 17.7 Å². The van der Waals surface area contributed by atoms with Gasteiger partial charge in [-0.05, 0) is 30.5 Å². The fourth-order valence-corrected chi connectivity index (χ4v) is 6.75. The lowest BCUT2D eigenvalue weighted by Gasteiger charge is -2.41. The molecule has 1 aliphatic rings. The molecule has 292 valence electrons. The number of amides is 2. The Hall–Kier alpha value is -3.02. The van der Waals surface area contributed by atoms with Gasteiger partial charge in [0, 0.05) is 38.9 Å². The second-order valence-electron chi connectivity index (χ2n) is 14.2. The molecule has 2 aromatic rings. The SMILES string of the molecule is CCCCCCCCCCCCCCCCCC(=O)N(CCCN(C(=O)OCc1ccccc1)c1ccccc1)C[C@H]1O[C@H](OC)[C@H](O)[C@@H](O)[C@@H]1O. The number of carbonyl (C=O) groups excluding carboxylic acids is 2. The molecule has 3 N–H and O–H groups in total. The number of anilines is 1. The lowest BCUT2D eigenvalue weighted by molar-refractivity contribution is -0.291. The first-order valence-electron chi connectivity index (χ1n) is 19.9. The summed E-state index contributed by atoms with van der Waals surface area (Å²) < 4.78 is 16.6. The van der Waals surface area contributed by atoms with Crippen LogP contribution in [0.4, 0.5) is 10.5 Å². The summed E-state index contributed by atoms with van der Waals surface area (Å²) in [7, 11) is 1.35. The first-order valence-corrected chi connectivity index (χ1v) is 19.9. The fourth-order valence-electron chi connectivity index (χ4n) is 6.75. The van der Waals surface area contributed by atoms with Crippen molar-refractivity contribution in [2.45, 2.75) is 153 Å². The van der Waals surface area contributed by atoms with Crippen LogP contribution in [0, 0.1) is 0 Å². The van der Waals surface area contributed by atoms with Gasteiger partial charge in [0.05, 0.1) is 0 Å². The van der Waals surface area contributed by atoms with Gasteiger partial charge >= 0.3 is 6.09 Å². The number of aliphatic hydroxyl groups excluding tert-OH is 3. The second-order valence-corrected chi connectivity index (χ2v) is 14.2. The Morgan fingerprint density at radius 3 is 1.77 bits per heavy atom. The van der Waals surface area contributed by atoms with Gasteiger partial charge in [-0.1, -0.05) is 145 Å². The summed E-state index contributed by atoms with van der Waals surface area (Å²) in [5.41, 5.74) is 1.56. The number of unbranched alkanes of at least 4 members (excludes halogenated alkanes) is 14. The van der Waals surface area contributed by atoms with E-state index in [-0.39, 0.29) is 32.1 Å². The lowest BCUT2D eigenvalue weighted by Crippen LogP contribution is -2.60.